The molecule has 1 aromatic carbocycles. The zero-order valence-corrected chi connectivity index (χ0v) is 12.2. The van der Waals surface area contributed by atoms with Crippen LogP contribution in [0.15, 0.2) is 27.6 Å². The third kappa shape index (κ3) is 4.65. The molecule has 0 bridgehead atoms. The number of hydrogen-bond donors (Lipinski definition) is 1. The maximum atomic E-state index is 11.4. The van der Waals surface area contributed by atoms with E-state index in [0.717, 1.165) is 6.42 Å². The summed E-state index contributed by atoms with van der Waals surface area (Å²) in [5, 5.41) is 5.13. The standard InChI is InChI=1S/C11H16BrNO3S/c1-8(2)5-6-16-10-4-3-9(12)7-11(10)17(13,14)15/h3-4,7-8H,5-6H2,1-2H3,(H2,13,14,15). The first kappa shape index (κ1) is 14.5. The molecule has 0 aliphatic carbocycles. The van der Waals surface area contributed by atoms with Crippen LogP contribution in [-0.2, 0) is 10.0 Å². The molecular formula is C11H16BrNO3S. The first-order valence-electron chi connectivity index (χ1n) is 5.26. The third-order valence-corrected chi connectivity index (χ3v) is 3.59. The molecule has 0 atom stereocenters. The number of rotatable bonds is 5. The fourth-order valence-corrected chi connectivity index (χ4v) is 2.44. The zero-order valence-electron chi connectivity index (χ0n) is 9.81. The van der Waals surface area contributed by atoms with E-state index in [2.05, 4.69) is 29.8 Å². The van der Waals surface area contributed by atoms with Gasteiger partial charge in [0.1, 0.15) is 10.6 Å². The molecule has 0 saturated carbocycles. The van der Waals surface area contributed by atoms with Crippen molar-refractivity contribution in [2.45, 2.75) is 25.2 Å². The van der Waals surface area contributed by atoms with Gasteiger partial charge in [0, 0.05) is 4.47 Å². The van der Waals surface area contributed by atoms with E-state index < -0.39 is 10.0 Å². The highest BCUT2D eigenvalue weighted by molar-refractivity contribution is 9.10. The quantitative estimate of drug-likeness (QED) is 0.905. The Hall–Kier alpha value is -0.590. The number of halogens is 1. The van der Waals surface area contributed by atoms with Crippen molar-refractivity contribution in [3.63, 3.8) is 0 Å². The predicted octanol–water partition coefficient (Wildman–Crippen LogP) is 2.52. The monoisotopic (exact) mass is 321 g/mol. The number of benzene rings is 1. The molecule has 1 rings (SSSR count). The van der Waals surface area contributed by atoms with Gasteiger partial charge in [-0.3, -0.25) is 0 Å². The molecule has 0 heterocycles. The molecule has 4 nitrogen and oxygen atoms in total. The number of nitrogens with two attached hydrogens (primary N) is 1. The molecule has 0 fully saturated rings. The highest BCUT2D eigenvalue weighted by Gasteiger charge is 2.15. The molecule has 2 N–H and O–H groups in total. The summed E-state index contributed by atoms with van der Waals surface area (Å²) in [5.74, 6) is 0.805. The molecule has 0 amide bonds. The number of hydrogen-bond acceptors (Lipinski definition) is 3. The van der Waals surface area contributed by atoms with Crippen LogP contribution in [0.3, 0.4) is 0 Å². The van der Waals surface area contributed by atoms with Gasteiger partial charge in [0.2, 0.25) is 10.0 Å². The van der Waals surface area contributed by atoms with Crippen molar-refractivity contribution in [2.75, 3.05) is 6.61 Å². The summed E-state index contributed by atoms with van der Waals surface area (Å²) in [6, 6.07) is 4.77. The number of primary sulfonamides is 1. The smallest absolute Gasteiger partial charge is 0.241 e. The van der Waals surface area contributed by atoms with Crippen LogP contribution >= 0.6 is 15.9 Å². The minimum atomic E-state index is -3.76. The van der Waals surface area contributed by atoms with E-state index in [9.17, 15) is 8.42 Å². The van der Waals surface area contributed by atoms with Crippen molar-refractivity contribution in [3.05, 3.63) is 22.7 Å². The highest BCUT2D eigenvalue weighted by Crippen LogP contribution is 2.26. The normalized spacial score (nSPS) is 11.8. The van der Waals surface area contributed by atoms with Crippen LogP contribution in [0.5, 0.6) is 5.75 Å². The van der Waals surface area contributed by atoms with E-state index in [1.165, 1.54) is 6.07 Å². The van der Waals surface area contributed by atoms with E-state index in [0.29, 0.717) is 22.7 Å². The average molecular weight is 322 g/mol. The van der Waals surface area contributed by atoms with E-state index in [1.54, 1.807) is 12.1 Å². The largest absolute Gasteiger partial charge is 0.492 e. The van der Waals surface area contributed by atoms with Gasteiger partial charge in [-0.05, 0) is 30.5 Å². The molecule has 0 radical (unpaired) electrons. The van der Waals surface area contributed by atoms with Gasteiger partial charge >= 0.3 is 0 Å². The second-order valence-electron chi connectivity index (χ2n) is 4.17. The second-order valence-corrected chi connectivity index (χ2v) is 6.61. The van der Waals surface area contributed by atoms with Crippen molar-refractivity contribution < 1.29 is 13.2 Å². The molecule has 0 unspecified atom stereocenters. The molecule has 0 aliphatic heterocycles. The first-order valence-corrected chi connectivity index (χ1v) is 7.60. The molecule has 17 heavy (non-hydrogen) atoms. The Morgan fingerprint density at radius 1 is 1.41 bits per heavy atom. The molecular weight excluding hydrogens is 306 g/mol. The molecule has 0 saturated heterocycles. The van der Waals surface area contributed by atoms with Gasteiger partial charge in [-0.15, -0.1) is 0 Å². The first-order chi connectivity index (χ1) is 7.80. The Labute approximate surface area is 110 Å². The van der Waals surface area contributed by atoms with Gasteiger partial charge in [0.25, 0.3) is 0 Å². The van der Waals surface area contributed by atoms with Gasteiger partial charge in [-0.25, -0.2) is 13.6 Å². The Morgan fingerprint density at radius 2 is 2.06 bits per heavy atom. The summed E-state index contributed by atoms with van der Waals surface area (Å²) in [7, 11) is -3.76. The lowest BCUT2D eigenvalue weighted by atomic mass is 10.1. The van der Waals surface area contributed by atoms with Crippen molar-refractivity contribution in [1.82, 2.24) is 0 Å². The molecule has 0 aromatic heterocycles. The van der Waals surface area contributed by atoms with Crippen LogP contribution < -0.4 is 9.88 Å². The minimum absolute atomic E-state index is 0.00984. The Morgan fingerprint density at radius 3 is 2.59 bits per heavy atom. The van der Waals surface area contributed by atoms with Gasteiger partial charge in [0.15, 0.2) is 0 Å². The SMILES string of the molecule is CC(C)CCOc1ccc(Br)cc1S(N)(=O)=O. The van der Waals surface area contributed by atoms with E-state index >= 15 is 0 Å². The van der Waals surface area contributed by atoms with Crippen molar-refractivity contribution in [3.8, 4) is 5.75 Å². The van der Waals surface area contributed by atoms with Crippen LogP contribution in [0, 0.1) is 5.92 Å². The second kappa shape index (κ2) is 5.84. The van der Waals surface area contributed by atoms with Crippen LogP contribution in [0.1, 0.15) is 20.3 Å². The summed E-state index contributed by atoms with van der Waals surface area (Å²) < 4.78 is 28.9. The maximum Gasteiger partial charge on any atom is 0.241 e. The lowest BCUT2D eigenvalue weighted by molar-refractivity contribution is 0.283. The van der Waals surface area contributed by atoms with E-state index in [-0.39, 0.29) is 4.90 Å². The summed E-state index contributed by atoms with van der Waals surface area (Å²) in [6.07, 6.45) is 0.861. The van der Waals surface area contributed by atoms with Crippen LogP contribution in [0.4, 0.5) is 0 Å². The predicted molar refractivity (Wildman–Crippen MR) is 70.5 cm³/mol. The van der Waals surface area contributed by atoms with Gasteiger partial charge in [-0.2, -0.15) is 0 Å². The van der Waals surface area contributed by atoms with Crippen molar-refractivity contribution in [2.24, 2.45) is 11.1 Å². The Kier molecular flexibility index (Phi) is 4.97. The van der Waals surface area contributed by atoms with Crippen molar-refractivity contribution in [1.29, 1.82) is 0 Å². The van der Waals surface area contributed by atoms with Crippen molar-refractivity contribution >= 4 is 26.0 Å². The highest BCUT2D eigenvalue weighted by atomic mass is 79.9. The fourth-order valence-electron chi connectivity index (χ4n) is 1.23. The Bertz CT molecular complexity index is 485. The summed E-state index contributed by atoms with van der Waals surface area (Å²) in [6.45, 7) is 4.62. The molecule has 1 aromatic rings. The summed E-state index contributed by atoms with van der Waals surface area (Å²) in [4.78, 5) is 0.00984. The van der Waals surface area contributed by atoms with Crippen LogP contribution in [0.25, 0.3) is 0 Å². The zero-order chi connectivity index (χ0) is 13.1. The molecule has 0 aliphatic rings. The fraction of sp³-hybridized carbons (Fsp3) is 0.455. The average Bonchev–Trinajstić information content (AvgIpc) is 2.18. The maximum absolute atomic E-state index is 11.4. The summed E-state index contributed by atoms with van der Waals surface area (Å²) in [5.41, 5.74) is 0. The number of ether oxygens (including phenoxy) is 1. The molecule has 96 valence electrons. The van der Waals surface area contributed by atoms with Gasteiger partial charge < -0.3 is 4.74 Å². The topological polar surface area (TPSA) is 69.4 Å². The van der Waals surface area contributed by atoms with Crippen LogP contribution in [0.2, 0.25) is 0 Å². The summed E-state index contributed by atoms with van der Waals surface area (Å²) >= 11 is 3.20. The lowest BCUT2D eigenvalue weighted by Crippen LogP contribution is -2.14. The van der Waals surface area contributed by atoms with E-state index in [4.69, 9.17) is 9.88 Å². The Balaban J connectivity index is 2.92. The molecule has 0 spiro atoms. The molecule has 6 heteroatoms. The minimum Gasteiger partial charge on any atom is -0.492 e. The van der Waals surface area contributed by atoms with E-state index in [1.807, 2.05) is 0 Å². The van der Waals surface area contributed by atoms with Gasteiger partial charge in [-0.1, -0.05) is 29.8 Å². The van der Waals surface area contributed by atoms with Crippen LogP contribution in [-0.4, -0.2) is 15.0 Å². The third-order valence-electron chi connectivity index (χ3n) is 2.17. The lowest BCUT2D eigenvalue weighted by Gasteiger charge is -2.11. The number of sulfonamides is 1. The van der Waals surface area contributed by atoms with Gasteiger partial charge in [0.05, 0.1) is 6.61 Å².